The molecule has 3 heterocycles. The summed E-state index contributed by atoms with van der Waals surface area (Å²) in [4.78, 5) is 22.4. The van der Waals surface area contributed by atoms with Crippen LogP contribution in [0, 0.1) is 0 Å². The average molecular weight is 442 g/mol. The Balaban J connectivity index is 1.45. The molecule has 0 spiro atoms. The second-order valence-corrected chi connectivity index (χ2v) is 8.57. The molecule has 0 unspecified atom stereocenters. The number of pyridine rings is 2. The van der Waals surface area contributed by atoms with E-state index in [0.717, 1.165) is 42.8 Å². The summed E-state index contributed by atoms with van der Waals surface area (Å²) in [5, 5.41) is 14.0. The number of hydrogen-bond acceptors (Lipinski definition) is 6. The molecule has 5 rings (SSSR count). The molecule has 1 aliphatic rings. The number of likely N-dealkylation sites (N-methyl/N-ethyl adjacent to an activating group) is 1. The van der Waals surface area contributed by atoms with Crippen LogP contribution in [0.4, 0.5) is 17.2 Å². The monoisotopic (exact) mass is 441 g/mol. The molecule has 7 heteroatoms. The first-order valence-corrected chi connectivity index (χ1v) is 11.1. The molecule has 168 valence electrons. The molecule has 1 fully saturated rings. The Morgan fingerprint density at radius 3 is 2.52 bits per heavy atom. The quantitative estimate of drug-likeness (QED) is 0.502. The molecule has 7 nitrogen and oxygen atoms in total. The molecule has 1 aliphatic heterocycles. The minimum Gasteiger partial charge on any atom is -0.508 e. The molecular weight excluding hydrogens is 414 g/mol. The van der Waals surface area contributed by atoms with E-state index < -0.39 is 0 Å². The number of aromatic nitrogens is 2. The van der Waals surface area contributed by atoms with E-state index in [2.05, 4.69) is 39.3 Å². The predicted molar refractivity (Wildman–Crippen MR) is 134 cm³/mol. The minimum atomic E-state index is -0.123. The van der Waals surface area contributed by atoms with Crippen molar-refractivity contribution >= 4 is 28.1 Å². The van der Waals surface area contributed by atoms with Crippen molar-refractivity contribution in [3.8, 4) is 16.9 Å². The maximum Gasteiger partial charge on any atom is 0.258 e. The number of nitrogens with one attached hydrogen (secondary N) is 1. The van der Waals surface area contributed by atoms with Crippen molar-refractivity contribution in [2.75, 3.05) is 43.4 Å². The van der Waals surface area contributed by atoms with Gasteiger partial charge in [-0.1, -0.05) is 18.2 Å². The molecule has 0 bridgehead atoms. The van der Waals surface area contributed by atoms with E-state index in [1.807, 2.05) is 30.3 Å². The van der Waals surface area contributed by atoms with Crippen LogP contribution in [0.5, 0.6) is 5.75 Å². The second kappa shape index (κ2) is 8.60. The molecule has 0 aliphatic carbocycles. The van der Waals surface area contributed by atoms with E-state index in [4.69, 9.17) is 0 Å². The lowest BCUT2D eigenvalue weighted by molar-refractivity contribution is 0.313. The normalized spacial score (nSPS) is 14.5. The van der Waals surface area contributed by atoms with Gasteiger partial charge in [0.15, 0.2) is 0 Å². The highest BCUT2D eigenvalue weighted by Gasteiger charge is 2.15. The van der Waals surface area contributed by atoms with Gasteiger partial charge in [-0.05, 0) is 49.0 Å². The zero-order chi connectivity index (χ0) is 22.9. The van der Waals surface area contributed by atoms with E-state index in [1.165, 1.54) is 5.69 Å². The Morgan fingerprint density at radius 2 is 1.73 bits per heavy atom. The van der Waals surface area contributed by atoms with Crippen molar-refractivity contribution in [2.24, 2.45) is 7.05 Å². The topological polar surface area (TPSA) is 73.6 Å². The molecule has 33 heavy (non-hydrogen) atoms. The summed E-state index contributed by atoms with van der Waals surface area (Å²) >= 11 is 0. The van der Waals surface area contributed by atoms with Crippen LogP contribution in [-0.4, -0.2) is 52.8 Å². The summed E-state index contributed by atoms with van der Waals surface area (Å²) in [5.41, 5.74) is 4.03. The Labute approximate surface area is 192 Å². The molecule has 0 atom stereocenters. The zero-order valence-electron chi connectivity index (χ0n) is 18.8. The third-order valence-electron chi connectivity index (χ3n) is 6.25. The number of rotatable bonds is 4. The Kier molecular flexibility index (Phi) is 5.48. The van der Waals surface area contributed by atoms with Gasteiger partial charge in [0.2, 0.25) is 0 Å². The van der Waals surface area contributed by atoms with Gasteiger partial charge in [0.1, 0.15) is 11.6 Å². The van der Waals surface area contributed by atoms with Gasteiger partial charge < -0.3 is 24.8 Å². The first-order chi connectivity index (χ1) is 16.0. The fraction of sp³-hybridized carbons (Fsp3) is 0.231. The van der Waals surface area contributed by atoms with Crippen molar-refractivity contribution in [1.82, 2.24) is 14.5 Å². The van der Waals surface area contributed by atoms with Gasteiger partial charge in [0.05, 0.1) is 5.52 Å². The van der Waals surface area contributed by atoms with E-state index in [0.29, 0.717) is 16.9 Å². The SMILES string of the molecule is CN1CCN(c2cccc(Nc3cc4c(cn3)cc(-c3cccc(O)c3)c(=O)n4C)c2)CC1. The molecule has 0 saturated carbocycles. The number of aryl methyl sites for hydroxylation is 1. The number of piperazine rings is 1. The highest BCUT2D eigenvalue weighted by atomic mass is 16.3. The number of aromatic hydroxyl groups is 1. The van der Waals surface area contributed by atoms with Crippen molar-refractivity contribution in [3.05, 3.63) is 77.2 Å². The minimum absolute atomic E-state index is 0.123. The van der Waals surface area contributed by atoms with Crippen LogP contribution in [0.2, 0.25) is 0 Å². The average Bonchev–Trinajstić information content (AvgIpc) is 2.82. The first-order valence-electron chi connectivity index (χ1n) is 11.1. The number of phenols is 1. The van der Waals surface area contributed by atoms with Gasteiger partial charge in [-0.25, -0.2) is 4.98 Å². The van der Waals surface area contributed by atoms with Crippen LogP contribution in [0.15, 0.2) is 71.7 Å². The zero-order valence-corrected chi connectivity index (χ0v) is 18.8. The van der Waals surface area contributed by atoms with E-state index in [-0.39, 0.29) is 11.3 Å². The van der Waals surface area contributed by atoms with Gasteiger partial charge in [-0.15, -0.1) is 0 Å². The molecular formula is C26H27N5O2. The lowest BCUT2D eigenvalue weighted by Crippen LogP contribution is -2.44. The van der Waals surface area contributed by atoms with Crippen LogP contribution in [0.3, 0.4) is 0 Å². The highest BCUT2D eigenvalue weighted by molar-refractivity contribution is 5.86. The molecule has 2 aromatic heterocycles. The number of fused-ring (bicyclic) bond motifs is 1. The first kappa shape index (κ1) is 21.0. The van der Waals surface area contributed by atoms with Crippen molar-refractivity contribution < 1.29 is 5.11 Å². The lowest BCUT2D eigenvalue weighted by Gasteiger charge is -2.34. The van der Waals surface area contributed by atoms with Crippen LogP contribution in [0.1, 0.15) is 0 Å². The summed E-state index contributed by atoms with van der Waals surface area (Å²) in [7, 11) is 3.91. The van der Waals surface area contributed by atoms with Gasteiger partial charge in [-0.2, -0.15) is 0 Å². The van der Waals surface area contributed by atoms with E-state index in [1.54, 1.807) is 36.0 Å². The van der Waals surface area contributed by atoms with E-state index in [9.17, 15) is 9.90 Å². The Bertz CT molecular complexity index is 1370. The fourth-order valence-electron chi connectivity index (χ4n) is 4.31. The number of phenolic OH excluding ortho intramolecular Hbond substituents is 1. The van der Waals surface area contributed by atoms with Crippen molar-refractivity contribution in [3.63, 3.8) is 0 Å². The number of nitrogens with zero attached hydrogens (tertiary/aromatic N) is 4. The summed E-state index contributed by atoms with van der Waals surface area (Å²) < 4.78 is 1.63. The van der Waals surface area contributed by atoms with E-state index >= 15 is 0 Å². The molecule has 2 N–H and O–H groups in total. The third-order valence-corrected chi connectivity index (χ3v) is 6.25. The largest absolute Gasteiger partial charge is 0.508 e. The smallest absolute Gasteiger partial charge is 0.258 e. The maximum atomic E-state index is 13.0. The van der Waals surface area contributed by atoms with Gasteiger partial charge in [-0.3, -0.25) is 4.79 Å². The molecule has 4 aromatic rings. The summed E-state index contributed by atoms with van der Waals surface area (Å²) in [6.07, 6.45) is 1.77. The second-order valence-electron chi connectivity index (χ2n) is 8.57. The Morgan fingerprint density at radius 1 is 0.939 bits per heavy atom. The fourth-order valence-corrected chi connectivity index (χ4v) is 4.31. The number of benzene rings is 2. The van der Waals surface area contributed by atoms with Crippen LogP contribution in [-0.2, 0) is 7.05 Å². The third kappa shape index (κ3) is 4.27. The standard InChI is InChI=1S/C26H27N5O2/c1-29-9-11-31(12-10-29)21-7-4-6-20(15-21)28-25-16-24-19(17-27-25)14-23(26(33)30(24)2)18-5-3-8-22(32)13-18/h3-8,13-17,32H,9-12H2,1-2H3,(H,27,28). The van der Waals surface area contributed by atoms with Crippen LogP contribution in [0.25, 0.3) is 22.0 Å². The van der Waals surface area contributed by atoms with Crippen LogP contribution >= 0.6 is 0 Å². The number of anilines is 3. The molecule has 1 saturated heterocycles. The van der Waals surface area contributed by atoms with Gasteiger partial charge >= 0.3 is 0 Å². The van der Waals surface area contributed by atoms with Gasteiger partial charge in [0.25, 0.3) is 5.56 Å². The summed E-state index contributed by atoms with van der Waals surface area (Å²) in [5.74, 6) is 0.809. The Hall–Kier alpha value is -3.84. The predicted octanol–water partition coefficient (Wildman–Crippen LogP) is 3.80. The lowest BCUT2D eigenvalue weighted by atomic mass is 10.1. The molecule has 0 amide bonds. The van der Waals surface area contributed by atoms with Crippen molar-refractivity contribution in [2.45, 2.75) is 0 Å². The summed E-state index contributed by atoms with van der Waals surface area (Å²) in [6.45, 7) is 4.14. The van der Waals surface area contributed by atoms with Crippen LogP contribution < -0.4 is 15.8 Å². The van der Waals surface area contributed by atoms with Gasteiger partial charge in [0, 0.05) is 67.8 Å². The number of hydrogen-bond donors (Lipinski definition) is 2. The highest BCUT2D eigenvalue weighted by Crippen LogP contribution is 2.27. The molecule has 2 aromatic carbocycles. The molecule has 0 radical (unpaired) electrons. The summed E-state index contributed by atoms with van der Waals surface area (Å²) in [6, 6.07) is 18.8. The van der Waals surface area contributed by atoms with Crippen molar-refractivity contribution in [1.29, 1.82) is 0 Å². The maximum absolute atomic E-state index is 13.0.